The van der Waals surface area contributed by atoms with Crippen LogP contribution >= 0.6 is 0 Å². The summed E-state index contributed by atoms with van der Waals surface area (Å²) in [6, 6.07) is 9.84. The molecule has 0 heterocycles. The first-order valence-corrected chi connectivity index (χ1v) is 11.9. The number of ether oxygens (including phenoxy) is 2. The smallest absolute Gasteiger partial charge is 0.413 e. The highest BCUT2D eigenvalue weighted by Gasteiger charge is 2.35. The molecular weight excluding hydrogens is 446 g/mol. The standard InChI is InChI=1S/C23H31N3O6S/c1-22(2,3)26-21(28)31-18-16(25)12-15(14-10-8-7-9-11-14)19(33(29,30)13-24)17(18)20(27)32-23(4,5)6/h7-12H,13,24-25H2,1-6H3,(H,26,28). The van der Waals surface area contributed by atoms with E-state index >= 15 is 0 Å². The number of nitrogen functional groups attached to an aromatic ring is 1. The molecule has 0 spiro atoms. The minimum absolute atomic E-state index is 0.116. The fraction of sp³-hybridized carbons (Fsp3) is 0.391. The van der Waals surface area contributed by atoms with Crippen molar-refractivity contribution in [2.24, 2.45) is 5.73 Å². The summed E-state index contributed by atoms with van der Waals surface area (Å²) >= 11 is 0. The van der Waals surface area contributed by atoms with Gasteiger partial charge in [0.25, 0.3) is 0 Å². The molecule has 0 bridgehead atoms. The van der Waals surface area contributed by atoms with Crippen LogP contribution in [-0.2, 0) is 14.6 Å². The summed E-state index contributed by atoms with van der Waals surface area (Å²) < 4.78 is 37.1. The molecule has 0 aromatic heterocycles. The first-order chi connectivity index (χ1) is 15.1. The molecule has 10 heteroatoms. The number of sulfone groups is 1. The molecule has 0 aliphatic rings. The maximum absolute atomic E-state index is 13.3. The fourth-order valence-corrected chi connectivity index (χ4v) is 4.12. The van der Waals surface area contributed by atoms with Gasteiger partial charge in [-0.05, 0) is 53.2 Å². The molecule has 1 amide bonds. The topological polar surface area (TPSA) is 151 Å². The van der Waals surface area contributed by atoms with Crippen LogP contribution in [0.5, 0.6) is 5.75 Å². The number of anilines is 1. The van der Waals surface area contributed by atoms with Crippen LogP contribution in [-0.4, -0.2) is 37.5 Å². The SMILES string of the molecule is CC(C)(C)NC(=O)Oc1c(N)cc(-c2ccccc2)c(S(=O)(=O)CN)c1C(=O)OC(C)(C)C. The third kappa shape index (κ3) is 6.69. The van der Waals surface area contributed by atoms with Crippen molar-refractivity contribution >= 4 is 27.6 Å². The Morgan fingerprint density at radius 1 is 1.03 bits per heavy atom. The Morgan fingerprint density at radius 3 is 2.09 bits per heavy atom. The van der Waals surface area contributed by atoms with Gasteiger partial charge in [-0.25, -0.2) is 18.0 Å². The van der Waals surface area contributed by atoms with E-state index < -0.39 is 55.1 Å². The van der Waals surface area contributed by atoms with Crippen molar-refractivity contribution < 1.29 is 27.5 Å². The van der Waals surface area contributed by atoms with Crippen LogP contribution in [0.3, 0.4) is 0 Å². The molecule has 2 rings (SSSR count). The molecule has 9 nitrogen and oxygen atoms in total. The Bertz CT molecular complexity index is 1150. The van der Waals surface area contributed by atoms with Crippen LogP contribution in [0.4, 0.5) is 10.5 Å². The lowest BCUT2D eigenvalue weighted by Gasteiger charge is -2.25. The Morgan fingerprint density at radius 2 is 1.61 bits per heavy atom. The van der Waals surface area contributed by atoms with Crippen LogP contribution in [0.25, 0.3) is 11.1 Å². The molecule has 0 radical (unpaired) electrons. The van der Waals surface area contributed by atoms with Gasteiger partial charge in [-0.15, -0.1) is 0 Å². The number of rotatable bonds is 5. The molecule has 0 atom stereocenters. The number of benzene rings is 2. The summed E-state index contributed by atoms with van der Waals surface area (Å²) in [7, 11) is -4.21. The summed E-state index contributed by atoms with van der Waals surface area (Å²) in [4.78, 5) is 25.4. The highest BCUT2D eigenvalue weighted by Crippen LogP contribution is 2.41. The molecule has 180 valence electrons. The molecule has 0 aliphatic carbocycles. The third-order valence-electron chi connectivity index (χ3n) is 4.15. The van der Waals surface area contributed by atoms with Gasteiger partial charge in [0.05, 0.1) is 10.6 Å². The Balaban J connectivity index is 2.91. The number of carbonyl (C=O) groups is 2. The monoisotopic (exact) mass is 477 g/mol. The van der Waals surface area contributed by atoms with Gasteiger partial charge in [-0.3, -0.25) is 0 Å². The van der Waals surface area contributed by atoms with Crippen LogP contribution in [0, 0.1) is 0 Å². The minimum Gasteiger partial charge on any atom is -0.456 e. The third-order valence-corrected chi connectivity index (χ3v) is 5.64. The maximum Gasteiger partial charge on any atom is 0.413 e. The average Bonchev–Trinajstić information content (AvgIpc) is 2.66. The lowest BCUT2D eigenvalue weighted by Crippen LogP contribution is -2.42. The van der Waals surface area contributed by atoms with E-state index in [-0.39, 0.29) is 11.3 Å². The second kappa shape index (κ2) is 9.40. The maximum atomic E-state index is 13.3. The number of hydrogen-bond donors (Lipinski definition) is 3. The number of nitrogens with two attached hydrogens (primary N) is 2. The zero-order chi connectivity index (χ0) is 25.2. The van der Waals surface area contributed by atoms with E-state index in [9.17, 15) is 18.0 Å². The molecule has 0 saturated heterocycles. The zero-order valence-corrected chi connectivity index (χ0v) is 20.5. The zero-order valence-electron chi connectivity index (χ0n) is 19.7. The van der Waals surface area contributed by atoms with Gasteiger partial charge in [0.15, 0.2) is 15.6 Å². The number of hydrogen-bond acceptors (Lipinski definition) is 8. The Hall–Kier alpha value is -3.11. The van der Waals surface area contributed by atoms with Gasteiger partial charge in [0.1, 0.15) is 17.0 Å². The number of amides is 1. The largest absolute Gasteiger partial charge is 0.456 e. The lowest BCUT2D eigenvalue weighted by atomic mass is 10.0. The average molecular weight is 478 g/mol. The van der Waals surface area contributed by atoms with Gasteiger partial charge in [0.2, 0.25) is 0 Å². The van der Waals surface area contributed by atoms with E-state index in [4.69, 9.17) is 20.9 Å². The van der Waals surface area contributed by atoms with Crippen molar-refractivity contribution in [3.63, 3.8) is 0 Å². The number of esters is 1. The van der Waals surface area contributed by atoms with E-state index in [0.717, 1.165) is 0 Å². The summed E-state index contributed by atoms with van der Waals surface area (Å²) in [5.41, 5.74) is 10.1. The van der Waals surface area contributed by atoms with E-state index in [1.807, 2.05) is 0 Å². The predicted octanol–water partition coefficient (Wildman–Crippen LogP) is 3.47. The predicted molar refractivity (Wildman–Crippen MR) is 127 cm³/mol. The van der Waals surface area contributed by atoms with Crippen LogP contribution in [0.1, 0.15) is 51.9 Å². The quantitative estimate of drug-likeness (QED) is 0.437. The van der Waals surface area contributed by atoms with Crippen LogP contribution in [0.2, 0.25) is 0 Å². The highest BCUT2D eigenvalue weighted by molar-refractivity contribution is 7.91. The molecule has 0 saturated carbocycles. The van der Waals surface area contributed by atoms with E-state index in [0.29, 0.717) is 5.56 Å². The van der Waals surface area contributed by atoms with Crippen molar-refractivity contribution in [2.75, 3.05) is 11.6 Å². The van der Waals surface area contributed by atoms with Gasteiger partial charge in [-0.2, -0.15) is 0 Å². The van der Waals surface area contributed by atoms with Crippen molar-refractivity contribution in [1.82, 2.24) is 5.32 Å². The Labute approximate surface area is 194 Å². The number of nitrogens with one attached hydrogen (secondary N) is 1. The van der Waals surface area contributed by atoms with Crippen LogP contribution < -0.4 is 21.5 Å². The minimum atomic E-state index is -4.21. The number of carbonyl (C=O) groups excluding carboxylic acids is 2. The van der Waals surface area contributed by atoms with E-state index in [2.05, 4.69) is 5.32 Å². The first-order valence-electron chi connectivity index (χ1n) is 10.2. The molecule has 0 aliphatic heterocycles. The van der Waals surface area contributed by atoms with Crippen LogP contribution in [0.15, 0.2) is 41.3 Å². The summed E-state index contributed by atoms with van der Waals surface area (Å²) in [5.74, 6) is -2.23. The summed E-state index contributed by atoms with van der Waals surface area (Å²) in [6.07, 6.45) is -0.914. The van der Waals surface area contributed by atoms with E-state index in [1.165, 1.54) is 6.07 Å². The molecule has 0 fully saturated rings. The first kappa shape index (κ1) is 26.1. The van der Waals surface area contributed by atoms with E-state index in [1.54, 1.807) is 71.9 Å². The fourth-order valence-electron chi connectivity index (χ4n) is 2.96. The van der Waals surface area contributed by atoms with Crippen molar-refractivity contribution in [3.05, 3.63) is 42.0 Å². The van der Waals surface area contributed by atoms with Gasteiger partial charge in [0, 0.05) is 11.1 Å². The van der Waals surface area contributed by atoms with Gasteiger partial charge >= 0.3 is 12.1 Å². The molecule has 5 N–H and O–H groups in total. The van der Waals surface area contributed by atoms with Crippen molar-refractivity contribution in [3.8, 4) is 16.9 Å². The van der Waals surface area contributed by atoms with Gasteiger partial charge < -0.3 is 26.3 Å². The van der Waals surface area contributed by atoms with Crippen molar-refractivity contribution in [2.45, 2.75) is 57.6 Å². The lowest BCUT2D eigenvalue weighted by molar-refractivity contribution is 0.00629. The molecule has 2 aromatic carbocycles. The molecule has 33 heavy (non-hydrogen) atoms. The van der Waals surface area contributed by atoms with Gasteiger partial charge in [-0.1, -0.05) is 30.3 Å². The molecule has 0 unspecified atom stereocenters. The van der Waals surface area contributed by atoms with Crippen molar-refractivity contribution in [1.29, 1.82) is 0 Å². The second-order valence-corrected chi connectivity index (χ2v) is 11.4. The summed E-state index contributed by atoms with van der Waals surface area (Å²) in [6.45, 7) is 10.1. The Kier molecular flexibility index (Phi) is 7.45. The second-order valence-electron chi connectivity index (χ2n) is 9.46. The molecular formula is C23H31N3O6S. The molecule has 2 aromatic rings. The highest BCUT2D eigenvalue weighted by atomic mass is 32.2. The normalized spacial score (nSPS) is 12.2. The summed E-state index contributed by atoms with van der Waals surface area (Å²) in [5, 5.41) is 2.58.